The highest BCUT2D eigenvalue weighted by Gasteiger charge is 2.31. The minimum Gasteiger partial charge on any atom is -0.491 e. The maximum Gasteiger partial charge on any atom is 0.137 e. The maximum absolute atomic E-state index is 10.7. The van der Waals surface area contributed by atoms with Crippen molar-refractivity contribution in [3.05, 3.63) is 65.7 Å². The molecule has 1 heterocycles. The molecule has 3 heteroatoms. The fourth-order valence-electron chi connectivity index (χ4n) is 4.13. The van der Waals surface area contributed by atoms with Crippen molar-refractivity contribution in [3.63, 3.8) is 0 Å². The molecule has 1 N–H and O–H groups in total. The second kappa shape index (κ2) is 9.20. The summed E-state index contributed by atoms with van der Waals surface area (Å²) in [6.45, 7) is 6.48. The molecule has 26 heavy (non-hydrogen) atoms. The minimum atomic E-state index is -0.447. The highest BCUT2D eigenvalue weighted by atomic mass is 16.5. The van der Waals surface area contributed by atoms with Gasteiger partial charge in [0.1, 0.15) is 31.5 Å². The summed E-state index contributed by atoms with van der Waals surface area (Å²) < 4.78 is 6.83. The van der Waals surface area contributed by atoms with Crippen LogP contribution >= 0.6 is 0 Å². The molecule has 0 spiro atoms. The standard InChI is InChI=1S/C23H32NO2/c1-20-10-9-13-23(16-20)26-19-22(25)18-24(14-7-2-3-8-15-24)17-21-11-5-4-6-12-21/h4-6,9-13,16,22,25H,2-3,7-8,14-15,17-19H2,1H3/q+1. The molecule has 0 aromatic heterocycles. The van der Waals surface area contributed by atoms with E-state index in [4.69, 9.17) is 4.74 Å². The molecule has 0 radical (unpaired) electrons. The molecule has 1 saturated heterocycles. The highest BCUT2D eigenvalue weighted by molar-refractivity contribution is 5.27. The van der Waals surface area contributed by atoms with Crippen LogP contribution in [0.5, 0.6) is 5.75 Å². The van der Waals surface area contributed by atoms with Gasteiger partial charge in [0.25, 0.3) is 0 Å². The number of hydrogen-bond acceptors (Lipinski definition) is 2. The summed E-state index contributed by atoms with van der Waals surface area (Å²) in [5, 5.41) is 10.7. The predicted molar refractivity (Wildman–Crippen MR) is 106 cm³/mol. The van der Waals surface area contributed by atoms with E-state index >= 15 is 0 Å². The van der Waals surface area contributed by atoms with E-state index < -0.39 is 6.10 Å². The first kappa shape index (κ1) is 18.9. The van der Waals surface area contributed by atoms with Crippen LogP contribution in [0.3, 0.4) is 0 Å². The third-order valence-corrected chi connectivity index (χ3v) is 5.41. The van der Waals surface area contributed by atoms with Crippen molar-refractivity contribution in [2.24, 2.45) is 0 Å². The molecule has 0 aliphatic carbocycles. The smallest absolute Gasteiger partial charge is 0.137 e. The number of quaternary nitrogens is 1. The number of aliphatic hydroxyl groups is 1. The molecular formula is C23H32NO2+. The molecule has 140 valence electrons. The van der Waals surface area contributed by atoms with Crippen LogP contribution in [0, 0.1) is 6.92 Å². The van der Waals surface area contributed by atoms with Crippen LogP contribution in [0.2, 0.25) is 0 Å². The molecule has 0 amide bonds. The summed E-state index contributed by atoms with van der Waals surface area (Å²) in [5.74, 6) is 0.842. The Balaban J connectivity index is 1.64. The van der Waals surface area contributed by atoms with E-state index in [1.165, 1.54) is 36.8 Å². The topological polar surface area (TPSA) is 29.5 Å². The molecule has 2 aromatic carbocycles. The molecule has 0 saturated carbocycles. The number of aryl methyl sites for hydroxylation is 1. The number of nitrogens with zero attached hydrogens (tertiary/aromatic N) is 1. The van der Waals surface area contributed by atoms with Gasteiger partial charge in [0, 0.05) is 5.56 Å². The van der Waals surface area contributed by atoms with Gasteiger partial charge in [-0.25, -0.2) is 0 Å². The molecule has 2 aromatic rings. The number of rotatable bonds is 7. The second-order valence-electron chi connectivity index (χ2n) is 7.81. The lowest BCUT2D eigenvalue weighted by Crippen LogP contribution is -2.53. The molecule has 1 unspecified atom stereocenters. The summed E-state index contributed by atoms with van der Waals surface area (Å²) in [7, 11) is 0. The van der Waals surface area contributed by atoms with Crippen LogP contribution in [0.1, 0.15) is 36.8 Å². The fraction of sp³-hybridized carbons (Fsp3) is 0.478. The third kappa shape index (κ3) is 5.58. The lowest BCUT2D eigenvalue weighted by molar-refractivity contribution is -0.942. The van der Waals surface area contributed by atoms with Crippen molar-refractivity contribution < 1.29 is 14.3 Å². The van der Waals surface area contributed by atoms with E-state index in [9.17, 15) is 5.11 Å². The van der Waals surface area contributed by atoms with E-state index in [0.717, 1.165) is 36.4 Å². The van der Waals surface area contributed by atoms with Crippen molar-refractivity contribution in [3.8, 4) is 5.75 Å². The van der Waals surface area contributed by atoms with E-state index in [1.54, 1.807) is 0 Å². The van der Waals surface area contributed by atoms with Crippen molar-refractivity contribution in [2.45, 2.75) is 45.3 Å². The van der Waals surface area contributed by atoms with Crippen LogP contribution in [0.15, 0.2) is 54.6 Å². The minimum absolute atomic E-state index is 0.359. The Morgan fingerprint density at radius 2 is 1.69 bits per heavy atom. The molecule has 1 atom stereocenters. The van der Waals surface area contributed by atoms with Crippen LogP contribution in [-0.4, -0.2) is 41.9 Å². The lowest BCUT2D eigenvalue weighted by Gasteiger charge is -2.39. The molecule has 1 aliphatic heterocycles. The SMILES string of the molecule is Cc1cccc(OCC(O)C[N+]2(Cc3ccccc3)CCCCCC2)c1. The van der Waals surface area contributed by atoms with Crippen molar-refractivity contribution in [2.75, 3.05) is 26.2 Å². The molecule has 0 bridgehead atoms. The summed E-state index contributed by atoms with van der Waals surface area (Å²) in [5.41, 5.74) is 2.54. The Labute approximate surface area is 157 Å². The van der Waals surface area contributed by atoms with E-state index in [0.29, 0.717) is 6.61 Å². The van der Waals surface area contributed by atoms with E-state index in [2.05, 4.69) is 43.3 Å². The van der Waals surface area contributed by atoms with Gasteiger partial charge in [0.05, 0.1) is 13.1 Å². The second-order valence-corrected chi connectivity index (χ2v) is 7.81. The first-order valence-electron chi connectivity index (χ1n) is 9.92. The van der Waals surface area contributed by atoms with Gasteiger partial charge in [0.2, 0.25) is 0 Å². The largest absolute Gasteiger partial charge is 0.491 e. The zero-order chi connectivity index (χ0) is 18.2. The van der Waals surface area contributed by atoms with Gasteiger partial charge in [-0.1, -0.05) is 42.5 Å². The van der Waals surface area contributed by atoms with Gasteiger partial charge in [-0.2, -0.15) is 0 Å². The Kier molecular flexibility index (Phi) is 6.70. The zero-order valence-corrected chi connectivity index (χ0v) is 15.9. The number of likely N-dealkylation sites (tertiary alicyclic amines) is 1. The normalized spacial score (nSPS) is 18.1. The lowest BCUT2D eigenvalue weighted by atomic mass is 10.1. The highest BCUT2D eigenvalue weighted by Crippen LogP contribution is 2.23. The average Bonchev–Trinajstić information content (AvgIpc) is 2.86. The first-order chi connectivity index (χ1) is 12.7. The van der Waals surface area contributed by atoms with Gasteiger partial charge >= 0.3 is 0 Å². The first-order valence-corrected chi connectivity index (χ1v) is 9.92. The Hall–Kier alpha value is -1.84. The fourth-order valence-corrected chi connectivity index (χ4v) is 4.13. The van der Waals surface area contributed by atoms with Gasteiger partial charge < -0.3 is 14.3 Å². The summed E-state index contributed by atoms with van der Waals surface area (Å²) >= 11 is 0. The predicted octanol–water partition coefficient (Wildman–Crippen LogP) is 4.33. The van der Waals surface area contributed by atoms with Gasteiger partial charge in [0.15, 0.2) is 0 Å². The Bertz CT molecular complexity index is 663. The van der Waals surface area contributed by atoms with Gasteiger partial charge in [-0.15, -0.1) is 0 Å². The third-order valence-electron chi connectivity index (χ3n) is 5.41. The van der Waals surface area contributed by atoms with Crippen molar-refractivity contribution >= 4 is 0 Å². The molecule has 1 aliphatic rings. The number of aliphatic hydroxyl groups excluding tert-OH is 1. The number of benzene rings is 2. The molecule has 3 rings (SSSR count). The average molecular weight is 355 g/mol. The molecular weight excluding hydrogens is 322 g/mol. The van der Waals surface area contributed by atoms with Crippen LogP contribution < -0.4 is 4.74 Å². The van der Waals surface area contributed by atoms with Gasteiger partial charge in [-0.05, 0) is 50.3 Å². The Morgan fingerprint density at radius 3 is 2.38 bits per heavy atom. The Morgan fingerprint density at radius 1 is 0.962 bits per heavy atom. The zero-order valence-electron chi connectivity index (χ0n) is 15.9. The van der Waals surface area contributed by atoms with Crippen LogP contribution in [-0.2, 0) is 6.54 Å². The number of ether oxygens (including phenoxy) is 1. The molecule has 1 fully saturated rings. The molecule has 3 nitrogen and oxygen atoms in total. The monoisotopic (exact) mass is 354 g/mol. The van der Waals surface area contributed by atoms with Crippen LogP contribution in [0.25, 0.3) is 0 Å². The number of hydrogen-bond donors (Lipinski definition) is 1. The van der Waals surface area contributed by atoms with Gasteiger partial charge in [-0.3, -0.25) is 0 Å². The van der Waals surface area contributed by atoms with Crippen molar-refractivity contribution in [1.29, 1.82) is 0 Å². The summed E-state index contributed by atoms with van der Waals surface area (Å²) in [4.78, 5) is 0. The van der Waals surface area contributed by atoms with E-state index in [1.807, 2.05) is 18.2 Å². The maximum atomic E-state index is 10.7. The summed E-state index contributed by atoms with van der Waals surface area (Å²) in [6.07, 6.45) is 4.67. The summed E-state index contributed by atoms with van der Waals surface area (Å²) in [6, 6.07) is 18.7. The van der Waals surface area contributed by atoms with Crippen LogP contribution in [0.4, 0.5) is 0 Å². The van der Waals surface area contributed by atoms with E-state index in [-0.39, 0.29) is 0 Å². The van der Waals surface area contributed by atoms with Crippen molar-refractivity contribution in [1.82, 2.24) is 0 Å². The quantitative estimate of drug-likeness (QED) is 0.750.